The Morgan fingerprint density at radius 2 is 2.24 bits per heavy atom. The number of piperazine rings is 1. The lowest BCUT2D eigenvalue weighted by Crippen LogP contribution is -2.45. The Labute approximate surface area is 156 Å². The minimum Gasteiger partial charge on any atom is -0.314 e. The standard InChI is InChI=1S/C18H19FN4S.ClH/c19-15-3-1-2-14(8-15)18-10-20-4-6-22(18)11-17-9-16(12-24-17)23-7-5-21-13-23;/h1-3,5,7-9,12-13,18,20H,4,6,10-11H2;1H. The van der Waals surface area contributed by atoms with Crippen LogP contribution in [0.2, 0.25) is 0 Å². The van der Waals surface area contributed by atoms with Crippen LogP contribution < -0.4 is 5.32 Å². The second kappa shape index (κ2) is 8.10. The maximum Gasteiger partial charge on any atom is 0.123 e. The fraction of sp³-hybridized carbons (Fsp3) is 0.278. The monoisotopic (exact) mass is 378 g/mol. The summed E-state index contributed by atoms with van der Waals surface area (Å²) in [5.74, 6) is -0.170. The molecule has 3 aromatic rings. The third-order valence-corrected chi connectivity index (χ3v) is 5.30. The first-order valence-corrected chi connectivity index (χ1v) is 8.93. The molecular weight excluding hydrogens is 359 g/mol. The van der Waals surface area contributed by atoms with Gasteiger partial charge < -0.3 is 9.88 Å². The molecule has 0 aliphatic carbocycles. The van der Waals surface area contributed by atoms with Crippen LogP contribution in [0.5, 0.6) is 0 Å². The van der Waals surface area contributed by atoms with Crippen molar-refractivity contribution in [1.82, 2.24) is 19.8 Å². The first-order chi connectivity index (χ1) is 11.8. The van der Waals surface area contributed by atoms with Crippen LogP contribution in [0, 0.1) is 5.82 Å². The van der Waals surface area contributed by atoms with E-state index in [1.165, 1.54) is 10.9 Å². The average Bonchev–Trinajstić information content (AvgIpc) is 3.26. The van der Waals surface area contributed by atoms with Crippen molar-refractivity contribution in [3.63, 3.8) is 0 Å². The number of benzene rings is 1. The molecule has 0 spiro atoms. The first-order valence-electron chi connectivity index (χ1n) is 8.05. The van der Waals surface area contributed by atoms with Crippen LogP contribution in [-0.4, -0.2) is 34.1 Å². The molecule has 7 heteroatoms. The van der Waals surface area contributed by atoms with Gasteiger partial charge in [0.1, 0.15) is 5.82 Å². The number of thiophene rings is 1. The number of hydrogen-bond acceptors (Lipinski definition) is 4. The van der Waals surface area contributed by atoms with Gasteiger partial charge in [0.05, 0.1) is 12.0 Å². The predicted molar refractivity (Wildman–Crippen MR) is 101 cm³/mol. The molecule has 1 fully saturated rings. The second-order valence-electron chi connectivity index (χ2n) is 5.99. The van der Waals surface area contributed by atoms with Crippen molar-refractivity contribution in [2.75, 3.05) is 19.6 Å². The van der Waals surface area contributed by atoms with Crippen molar-refractivity contribution in [2.45, 2.75) is 12.6 Å². The lowest BCUT2D eigenvalue weighted by atomic mass is 10.0. The molecule has 2 aromatic heterocycles. The summed E-state index contributed by atoms with van der Waals surface area (Å²) in [7, 11) is 0. The molecule has 1 atom stereocenters. The molecule has 4 nitrogen and oxygen atoms in total. The lowest BCUT2D eigenvalue weighted by molar-refractivity contribution is 0.155. The zero-order chi connectivity index (χ0) is 16.4. The van der Waals surface area contributed by atoms with Crippen molar-refractivity contribution >= 4 is 23.7 Å². The van der Waals surface area contributed by atoms with E-state index in [0.29, 0.717) is 0 Å². The van der Waals surface area contributed by atoms with Gasteiger partial charge in [0.15, 0.2) is 0 Å². The van der Waals surface area contributed by atoms with Crippen LogP contribution >= 0.6 is 23.7 Å². The van der Waals surface area contributed by atoms with E-state index in [4.69, 9.17) is 0 Å². The third-order valence-electron chi connectivity index (χ3n) is 4.39. The number of imidazole rings is 1. The maximum absolute atomic E-state index is 13.6. The van der Waals surface area contributed by atoms with Crippen molar-refractivity contribution in [3.05, 3.63) is 70.7 Å². The van der Waals surface area contributed by atoms with Gasteiger partial charge in [0.2, 0.25) is 0 Å². The van der Waals surface area contributed by atoms with Gasteiger partial charge in [-0.05, 0) is 23.8 Å². The van der Waals surface area contributed by atoms with E-state index in [1.807, 2.05) is 23.2 Å². The molecule has 0 bridgehead atoms. The van der Waals surface area contributed by atoms with Gasteiger partial charge in [-0.2, -0.15) is 0 Å². The Hall–Kier alpha value is -1.73. The molecule has 0 amide bonds. The smallest absolute Gasteiger partial charge is 0.123 e. The minimum absolute atomic E-state index is 0. The van der Waals surface area contributed by atoms with Crippen molar-refractivity contribution in [2.24, 2.45) is 0 Å². The highest BCUT2D eigenvalue weighted by Crippen LogP contribution is 2.27. The van der Waals surface area contributed by atoms with E-state index in [0.717, 1.165) is 37.4 Å². The van der Waals surface area contributed by atoms with E-state index in [2.05, 4.69) is 26.6 Å². The molecule has 1 unspecified atom stereocenters. The fourth-order valence-corrected chi connectivity index (χ4v) is 4.07. The molecule has 1 aliphatic heterocycles. The number of aromatic nitrogens is 2. The molecule has 1 N–H and O–H groups in total. The van der Waals surface area contributed by atoms with Gasteiger partial charge in [-0.25, -0.2) is 9.37 Å². The van der Waals surface area contributed by atoms with Crippen LogP contribution in [0.25, 0.3) is 5.69 Å². The zero-order valence-electron chi connectivity index (χ0n) is 13.6. The van der Waals surface area contributed by atoms with Gasteiger partial charge in [-0.15, -0.1) is 23.7 Å². The quantitative estimate of drug-likeness (QED) is 0.752. The van der Waals surface area contributed by atoms with Gasteiger partial charge in [0.25, 0.3) is 0 Å². The van der Waals surface area contributed by atoms with Gasteiger partial charge in [-0.1, -0.05) is 12.1 Å². The Balaban J connectivity index is 0.00000182. The van der Waals surface area contributed by atoms with Crippen LogP contribution in [0.15, 0.2) is 54.4 Å². The van der Waals surface area contributed by atoms with E-state index in [9.17, 15) is 4.39 Å². The third kappa shape index (κ3) is 4.10. The highest BCUT2D eigenvalue weighted by atomic mass is 35.5. The number of rotatable bonds is 4. The highest BCUT2D eigenvalue weighted by molar-refractivity contribution is 7.10. The van der Waals surface area contributed by atoms with Crippen LogP contribution in [0.1, 0.15) is 16.5 Å². The van der Waals surface area contributed by atoms with Crippen LogP contribution in [0.4, 0.5) is 4.39 Å². The molecule has 4 rings (SSSR count). The van der Waals surface area contributed by atoms with Gasteiger partial charge in [-0.3, -0.25) is 4.90 Å². The largest absolute Gasteiger partial charge is 0.314 e. The Morgan fingerprint density at radius 1 is 1.32 bits per heavy atom. The van der Waals surface area contributed by atoms with Crippen molar-refractivity contribution in [1.29, 1.82) is 0 Å². The van der Waals surface area contributed by atoms with E-state index in [-0.39, 0.29) is 24.3 Å². The molecule has 1 aliphatic rings. The topological polar surface area (TPSA) is 33.1 Å². The summed E-state index contributed by atoms with van der Waals surface area (Å²) < 4.78 is 15.6. The lowest BCUT2D eigenvalue weighted by Gasteiger charge is -2.36. The predicted octanol–water partition coefficient (Wildman–Crippen LogP) is 3.64. The minimum atomic E-state index is -0.170. The molecule has 1 aromatic carbocycles. The molecule has 0 saturated carbocycles. The molecule has 1 saturated heterocycles. The van der Waals surface area contributed by atoms with Crippen molar-refractivity contribution < 1.29 is 4.39 Å². The molecule has 0 radical (unpaired) electrons. The normalized spacial score (nSPS) is 18.0. The summed E-state index contributed by atoms with van der Waals surface area (Å²) in [5, 5.41) is 5.57. The van der Waals surface area contributed by atoms with Gasteiger partial charge >= 0.3 is 0 Å². The van der Waals surface area contributed by atoms with Crippen LogP contribution in [-0.2, 0) is 6.54 Å². The Kier molecular flexibility index (Phi) is 5.86. The zero-order valence-corrected chi connectivity index (χ0v) is 15.3. The van der Waals surface area contributed by atoms with E-state index < -0.39 is 0 Å². The summed E-state index contributed by atoms with van der Waals surface area (Å²) in [6, 6.07) is 9.36. The average molecular weight is 379 g/mol. The maximum atomic E-state index is 13.6. The summed E-state index contributed by atoms with van der Waals surface area (Å²) in [6.45, 7) is 3.65. The Bertz CT molecular complexity index is 805. The van der Waals surface area contributed by atoms with E-state index in [1.54, 1.807) is 29.7 Å². The summed E-state index contributed by atoms with van der Waals surface area (Å²) in [5.41, 5.74) is 2.18. The Morgan fingerprint density at radius 3 is 3.04 bits per heavy atom. The van der Waals surface area contributed by atoms with Crippen LogP contribution in [0.3, 0.4) is 0 Å². The molecule has 132 valence electrons. The first kappa shape index (κ1) is 18.1. The SMILES string of the molecule is Cl.Fc1cccc(C2CNCCN2Cc2cc(-n3ccnc3)cs2)c1. The van der Waals surface area contributed by atoms with Crippen molar-refractivity contribution in [3.8, 4) is 5.69 Å². The number of nitrogens with one attached hydrogen (secondary N) is 1. The molecule has 25 heavy (non-hydrogen) atoms. The van der Waals surface area contributed by atoms with Gasteiger partial charge in [0, 0.05) is 54.9 Å². The van der Waals surface area contributed by atoms with E-state index >= 15 is 0 Å². The molecule has 3 heterocycles. The number of nitrogens with zero attached hydrogens (tertiary/aromatic N) is 3. The molecular formula is C18H20ClFN4S. The highest BCUT2D eigenvalue weighted by Gasteiger charge is 2.24. The fourth-order valence-electron chi connectivity index (χ4n) is 3.18. The second-order valence-corrected chi connectivity index (χ2v) is 6.98. The number of halogens is 2. The summed E-state index contributed by atoms with van der Waals surface area (Å²) in [4.78, 5) is 7.83. The summed E-state index contributed by atoms with van der Waals surface area (Å²) >= 11 is 1.76. The summed E-state index contributed by atoms with van der Waals surface area (Å²) in [6.07, 6.45) is 5.55. The number of hydrogen-bond donors (Lipinski definition) is 1.